The van der Waals surface area contributed by atoms with E-state index in [1.807, 2.05) is 0 Å². The van der Waals surface area contributed by atoms with E-state index in [1.165, 1.54) is 36.4 Å². The lowest BCUT2D eigenvalue weighted by Gasteiger charge is -2.20. The second-order valence-corrected chi connectivity index (χ2v) is 12.0. The molecule has 0 saturated carbocycles. The monoisotopic (exact) mass is 626 g/mol. The molecule has 4 aromatic rings. The molecule has 0 atom stereocenters. The largest absolute Gasteiger partial charge is 0.744 e. The SMILES string of the molecule is O=S(=O)([O-])c1cc(Nc2cc(=S)[nH]c(=S)[nH]2)ccc1-c1ccc(Nc2cc(=S)[nH]c(=S)[nH]2)cc1S(=O)(=O)[O-]. The Morgan fingerprint density at radius 3 is 1.26 bits per heavy atom. The zero-order chi connectivity index (χ0) is 27.8. The first-order valence-corrected chi connectivity index (χ1v) is 14.6. The maximum atomic E-state index is 12.2. The second kappa shape index (κ2) is 10.6. The predicted molar refractivity (Wildman–Crippen MR) is 148 cm³/mol. The number of aromatic nitrogens is 4. The van der Waals surface area contributed by atoms with Gasteiger partial charge in [0.25, 0.3) is 0 Å². The van der Waals surface area contributed by atoms with Gasteiger partial charge in [-0.25, -0.2) is 16.8 Å². The Morgan fingerprint density at radius 2 is 0.947 bits per heavy atom. The van der Waals surface area contributed by atoms with E-state index in [-0.39, 0.29) is 32.0 Å². The molecular weight excluding hydrogens is 613 g/mol. The van der Waals surface area contributed by atoms with Gasteiger partial charge in [-0.3, -0.25) is 0 Å². The molecule has 38 heavy (non-hydrogen) atoms. The van der Waals surface area contributed by atoms with Gasteiger partial charge in [0.15, 0.2) is 9.54 Å². The van der Waals surface area contributed by atoms with Crippen LogP contribution in [0.1, 0.15) is 0 Å². The van der Waals surface area contributed by atoms with Gasteiger partial charge in [0, 0.05) is 34.6 Å². The highest BCUT2D eigenvalue weighted by Crippen LogP contribution is 2.36. The van der Waals surface area contributed by atoms with Gasteiger partial charge in [0.2, 0.25) is 0 Å². The fraction of sp³-hybridized carbons (Fsp3) is 0. The molecule has 2 aromatic carbocycles. The number of aromatic amines is 4. The molecule has 6 N–H and O–H groups in total. The Hall–Kier alpha value is -3.10. The summed E-state index contributed by atoms with van der Waals surface area (Å²) < 4.78 is 74.0. The maximum Gasteiger partial charge on any atom is 0.177 e. The van der Waals surface area contributed by atoms with Crippen molar-refractivity contribution in [1.82, 2.24) is 19.9 Å². The average Bonchev–Trinajstić information content (AvgIpc) is 2.76. The molecule has 0 amide bonds. The van der Waals surface area contributed by atoms with Crippen LogP contribution in [0.25, 0.3) is 11.1 Å². The number of benzene rings is 2. The average molecular weight is 627 g/mol. The van der Waals surface area contributed by atoms with E-state index in [0.717, 1.165) is 12.1 Å². The summed E-state index contributed by atoms with van der Waals surface area (Å²) in [6, 6.07) is 10.2. The van der Waals surface area contributed by atoms with Crippen LogP contribution in [0.2, 0.25) is 0 Å². The number of nitrogens with one attached hydrogen (secondary N) is 6. The molecule has 0 saturated heterocycles. The van der Waals surface area contributed by atoms with Gasteiger partial charge in [-0.15, -0.1) is 0 Å². The third-order valence-corrected chi connectivity index (χ3v) is 7.47. The first kappa shape index (κ1) is 27.9. The lowest BCUT2D eigenvalue weighted by Crippen LogP contribution is -2.07. The predicted octanol–water partition coefficient (Wildman–Crippen LogP) is 4.88. The van der Waals surface area contributed by atoms with Crippen LogP contribution in [0.5, 0.6) is 0 Å². The number of rotatable bonds is 7. The third-order valence-electron chi connectivity index (χ3n) is 4.87. The van der Waals surface area contributed by atoms with Gasteiger partial charge in [0.1, 0.15) is 41.2 Å². The summed E-state index contributed by atoms with van der Waals surface area (Å²) in [5.74, 6) is 0.609. The molecule has 2 heterocycles. The Labute approximate surface area is 235 Å². The molecule has 0 aliphatic rings. The lowest BCUT2D eigenvalue weighted by atomic mass is 10.0. The fourth-order valence-electron chi connectivity index (χ4n) is 3.44. The van der Waals surface area contributed by atoms with E-state index in [0.29, 0.717) is 20.9 Å². The quantitative estimate of drug-likeness (QED) is 0.120. The molecule has 4 rings (SSSR count). The molecule has 0 unspecified atom stereocenters. The standard InChI is InChI=1S/C20H16N6O6S6/c27-37(28,29)13-5-9(21-15-7-17(33)25-19(35)23-15)1-3-11(13)12-4-2-10(6-14(12)38(30,31)32)22-16-8-18(34)26-20(36)24-16/h1-8H,(H,27,28,29)(H,30,31,32)(H3,21,23,25,33,35)(H3,22,24,26,34,36)/p-2. The van der Waals surface area contributed by atoms with E-state index < -0.39 is 30.0 Å². The third kappa shape index (κ3) is 6.66. The molecule has 0 aliphatic carbocycles. The highest BCUT2D eigenvalue weighted by atomic mass is 32.2. The minimum absolute atomic E-state index is 0.148. The summed E-state index contributed by atoms with van der Waals surface area (Å²) in [7, 11) is -10.3. The van der Waals surface area contributed by atoms with Crippen molar-refractivity contribution < 1.29 is 25.9 Å². The van der Waals surface area contributed by atoms with E-state index >= 15 is 0 Å². The van der Waals surface area contributed by atoms with Crippen LogP contribution in [0.15, 0.2) is 58.3 Å². The highest BCUT2D eigenvalue weighted by Gasteiger charge is 2.19. The molecule has 12 nitrogen and oxygen atoms in total. The van der Waals surface area contributed by atoms with Gasteiger partial charge >= 0.3 is 0 Å². The van der Waals surface area contributed by atoms with Crippen molar-refractivity contribution in [3.05, 3.63) is 67.4 Å². The van der Waals surface area contributed by atoms with E-state index in [4.69, 9.17) is 48.9 Å². The second-order valence-electron chi connectivity index (χ2n) is 7.58. The number of hydrogen-bond donors (Lipinski definition) is 6. The number of anilines is 4. The van der Waals surface area contributed by atoms with Crippen molar-refractivity contribution in [3.8, 4) is 11.1 Å². The minimum atomic E-state index is -5.13. The summed E-state index contributed by atoms with van der Waals surface area (Å²) in [4.78, 5) is 9.41. The molecule has 0 spiro atoms. The van der Waals surface area contributed by atoms with Crippen molar-refractivity contribution in [1.29, 1.82) is 0 Å². The maximum absolute atomic E-state index is 12.2. The van der Waals surface area contributed by atoms with Crippen LogP contribution in [0.3, 0.4) is 0 Å². The van der Waals surface area contributed by atoms with Crippen molar-refractivity contribution in [2.75, 3.05) is 10.6 Å². The minimum Gasteiger partial charge on any atom is -0.744 e. The van der Waals surface area contributed by atoms with Gasteiger partial charge < -0.3 is 39.7 Å². The summed E-state index contributed by atoms with van der Waals surface area (Å²) in [6.45, 7) is 0. The van der Waals surface area contributed by atoms with Crippen LogP contribution in [-0.4, -0.2) is 45.9 Å². The van der Waals surface area contributed by atoms with Crippen LogP contribution >= 0.6 is 48.9 Å². The van der Waals surface area contributed by atoms with Crippen molar-refractivity contribution in [2.24, 2.45) is 0 Å². The van der Waals surface area contributed by atoms with Crippen LogP contribution in [0.4, 0.5) is 23.0 Å². The first-order chi connectivity index (χ1) is 17.7. The van der Waals surface area contributed by atoms with Crippen molar-refractivity contribution in [3.63, 3.8) is 0 Å². The van der Waals surface area contributed by atoms with Crippen molar-refractivity contribution >= 4 is 92.1 Å². The topological polar surface area (TPSA) is 202 Å². The van der Waals surface area contributed by atoms with Gasteiger partial charge in [-0.2, -0.15) is 0 Å². The van der Waals surface area contributed by atoms with Crippen molar-refractivity contribution in [2.45, 2.75) is 9.79 Å². The Morgan fingerprint density at radius 1 is 0.579 bits per heavy atom. The molecule has 18 heteroatoms. The smallest absolute Gasteiger partial charge is 0.177 e. The number of H-pyrrole nitrogens is 4. The Bertz CT molecular complexity index is 1830. The molecule has 198 valence electrons. The highest BCUT2D eigenvalue weighted by molar-refractivity contribution is 7.86. The summed E-state index contributed by atoms with van der Waals surface area (Å²) in [5, 5.41) is 5.68. The Balaban J connectivity index is 1.84. The van der Waals surface area contributed by atoms with Gasteiger partial charge in [-0.1, -0.05) is 36.6 Å². The van der Waals surface area contributed by atoms with Crippen LogP contribution < -0.4 is 10.6 Å². The first-order valence-electron chi connectivity index (χ1n) is 10.1. The van der Waals surface area contributed by atoms with Gasteiger partial charge in [-0.05, 0) is 48.7 Å². The summed E-state index contributed by atoms with van der Waals surface area (Å²) in [6.07, 6.45) is 0. The lowest BCUT2D eigenvalue weighted by molar-refractivity contribution is 0.460. The zero-order valence-electron chi connectivity index (χ0n) is 18.5. The molecular formula is C20H14N6O6S6-2. The van der Waals surface area contributed by atoms with E-state index in [9.17, 15) is 25.9 Å². The molecule has 0 aliphatic heterocycles. The molecule has 0 bridgehead atoms. The molecule has 0 radical (unpaired) electrons. The van der Waals surface area contributed by atoms with Gasteiger partial charge in [0.05, 0.1) is 9.79 Å². The zero-order valence-corrected chi connectivity index (χ0v) is 23.4. The van der Waals surface area contributed by atoms with E-state index in [2.05, 4.69) is 30.6 Å². The summed E-state index contributed by atoms with van der Waals surface area (Å²) >= 11 is 20.1. The van der Waals surface area contributed by atoms with Crippen LogP contribution in [0, 0.1) is 18.8 Å². The summed E-state index contributed by atoms with van der Waals surface area (Å²) in [5.41, 5.74) is -0.275. The normalized spacial score (nSPS) is 11.7. The molecule has 0 fully saturated rings. The number of hydrogen-bond acceptors (Lipinski definition) is 12. The fourth-order valence-corrected chi connectivity index (χ4v) is 5.89. The molecule has 2 aromatic heterocycles. The van der Waals surface area contributed by atoms with E-state index in [1.54, 1.807) is 0 Å². The Kier molecular flexibility index (Phi) is 7.77. The van der Waals surface area contributed by atoms with Crippen LogP contribution in [-0.2, 0) is 20.2 Å².